The second-order valence-electron chi connectivity index (χ2n) is 3.86. The van der Waals surface area contributed by atoms with Crippen molar-refractivity contribution in [3.05, 3.63) is 30.1 Å². The van der Waals surface area contributed by atoms with Gasteiger partial charge in [0.15, 0.2) is 0 Å². The van der Waals surface area contributed by atoms with Gasteiger partial charge in [-0.05, 0) is 31.6 Å². The fraction of sp³-hybridized carbons (Fsp3) is 0.500. The third-order valence-corrected chi connectivity index (χ3v) is 2.60. The number of aromatic nitrogens is 1. The van der Waals surface area contributed by atoms with Crippen molar-refractivity contribution < 1.29 is 4.79 Å². The van der Waals surface area contributed by atoms with Crippen molar-refractivity contribution in [3.8, 4) is 0 Å². The average Bonchev–Trinajstić information content (AvgIpc) is 2.38. The van der Waals surface area contributed by atoms with E-state index in [1.165, 1.54) is 0 Å². The predicted octanol–water partition coefficient (Wildman–Crippen LogP) is 0.674. The molecule has 1 amide bonds. The molecule has 1 aromatic heterocycles. The van der Waals surface area contributed by atoms with E-state index in [0.717, 1.165) is 31.7 Å². The van der Waals surface area contributed by atoms with Gasteiger partial charge in [-0.1, -0.05) is 13.0 Å². The fourth-order valence-corrected chi connectivity index (χ4v) is 1.61. The molecule has 0 atom stereocenters. The van der Waals surface area contributed by atoms with Crippen LogP contribution in [0.1, 0.15) is 25.5 Å². The van der Waals surface area contributed by atoms with E-state index in [1.54, 1.807) is 6.20 Å². The molecule has 17 heavy (non-hydrogen) atoms. The normalized spacial score (nSPS) is 10.5. The minimum Gasteiger partial charge on any atom is -0.298 e. The Morgan fingerprint density at radius 2 is 2.35 bits per heavy atom. The molecule has 0 aliphatic rings. The van der Waals surface area contributed by atoms with Gasteiger partial charge < -0.3 is 0 Å². The molecular formula is C12H20N4O. The molecule has 0 saturated heterocycles. The van der Waals surface area contributed by atoms with Crippen LogP contribution in [0, 0.1) is 0 Å². The van der Waals surface area contributed by atoms with Crippen LogP contribution in [-0.4, -0.2) is 28.9 Å². The maximum absolute atomic E-state index is 11.0. The summed E-state index contributed by atoms with van der Waals surface area (Å²) in [6.45, 7) is 4.74. The first-order valence-electron chi connectivity index (χ1n) is 5.88. The lowest BCUT2D eigenvalue weighted by atomic mass is 10.2. The van der Waals surface area contributed by atoms with Gasteiger partial charge in [0.05, 0.1) is 5.69 Å². The molecular weight excluding hydrogens is 216 g/mol. The predicted molar refractivity (Wildman–Crippen MR) is 66.8 cm³/mol. The minimum atomic E-state index is -0.112. The van der Waals surface area contributed by atoms with Gasteiger partial charge in [0, 0.05) is 19.2 Å². The molecule has 0 aliphatic carbocycles. The Balaban J connectivity index is 2.31. The number of nitrogens with two attached hydrogens (primary N) is 1. The van der Waals surface area contributed by atoms with E-state index >= 15 is 0 Å². The summed E-state index contributed by atoms with van der Waals surface area (Å²) in [5.74, 6) is 4.91. The van der Waals surface area contributed by atoms with Crippen LogP contribution in [0.15, 0.2) is 24.4 Å². The van der Waals surface area contributed by atoms with Crippen molar-refractivity contribution in [2.75, 3.05) is 13.1 Å². The molecule has 0 fully saturated rings. The molecule has 1 heterocycles. The van der Waals surface area contributed by atoms with E-state index in [2.05, 4.69) is 22.2 Å². The van der Waals surface area contributed by atoms with Crippen molar-refractivity contribution in [1.29, 1.82) is 0 Å². The first kappa shape index (κ1) is 13.6. The van der Waals surface area contributed by atoms with E-state index in [4.69, 9.17) is 5.84 Å². The summed E-state index contributed by atoms with van der Waals surface area (Å²) in [5, 5.41) is 0. The number of nitrogens with one attached hydrogen (secondary N) is 1. The van der Waals surface area contributed by atoms with Crippen molar-refractivity contribution in [2.24, 2.45) is 5.84 Å². The maximum atomic E-state index is 11.0. The zero-order chi connectivity index (χ0) is 12.5. The lowest BCUT2D eigenvalue weighted by molar-refractivity contribution is -0.121. The number of amides is 1. The van der Waals surface area contributed by atoms with Crippen molar-refractivity contribution in [1.82, 2.24) is 15.3 Å². The minimum absolute atomic E-state index is 0.112. The lowest BCUT2D eigenvalue weighted by Crippen LogP contribution is -2.31. The molecule has 0 aliphatic heterocycles. The van der Waals surface area contributed by atoms with E-state index in [9.17, 15) is 4.79 Å². The van der Waals surface area contributed by atoms with Crippen LogP contribution in [0.25, 0.3) is 0 Å². The topological polar surface area (TPSA) is 71.2 Å². The summed E-state index contributed by atoms with van der Waals surface area (Å²) < 4.78 is 0. The number of pyridine rings is 1. The molecule has 94 valence electrons. The monoisotopic (exact) mass is 236 g/mol. The molecule has 3 N–H and O–H groups in total. The number of hydrazine groups is 1. The molecule has 0 radical (unpaired) electrons. The Labute approximate surface area is 102 Å². The van der Waals surface area contributed by atoms with Crippen LogP contribution >= 0.6 is 0 Å². The molecule has 5 heteroatoms. The molecule has 1 aromatic rings. The summed E-state index contributed by atoms with van der Waals surface area (Å²) in [4.78, 5) is 17.5. The zero-order valence-corrected chi connectivity index (χ0v) is 10.2. The smallest absolute Gasteiger partial charge is 0.233 e. The van der Waals surface area contributed by atoms with E-state index in [0.29, 0.717) is 6.42 Å². The Morgan fingerprint density at radius 3 is 2.94 bits per heavy atom. The number of hydrogen-bond acceptors (Lipinski definition) is 4. The number of rotatable bonds is 7. The van der Waals surface area contributed by atoms with Crippen molar-refractivity contribution >= 4 is 5.91 Å². The Bertz CT molecular complexity index is 329. The molecule has 5 nitrogen and oxygen atoms in total. The Hall–Kier alpha value is -1.46. The summed E-state index contributed by atoms with van der Waals surface area (Å²) in [5.41, 5.74) is 3.19. The second kappa shape index (κ2) is 7.76. The number of hydrogen-bond donors (Lipinski definition) is 2. The van der Waals surface area contributed by atoms with Crippen molar-refractivity contribution in [3.63, 3.8) is 0 Å². The second-order valence-corrected chi connectivity index (χ2v) is 3.86. The highest BCUT2D eigenvalue weighted by Gasteiger charge is 2.05. The van der Waals surface area contributed by atoms with Gasteiger partial charge in [-0.15, -0.1) is 0 Å². The SMILES string of the molecule is CCN(CCCC(=O)NN)Cc1ccccn1. The molecule has 0 unspecified atom stereocenters. The molecule has 0 aromatic carbocycles. The first-order valence-corrected chi connectivity index (χ1v) is 5.88. The van der Waals surface area contributed by atoms with Gasteiger partial charge in [0.25, 0.3) is 0 Å². The summed E-state index contributed by atoms with van der Waals surface area (Å²) in [6.07, 6.45) is 3.07. The highest BCUT2D eigenvalue weighted by Crippen LogP contribution is 2.02. The van der Waals surface area contributed by atoms with Gasteiger partial charge in [0.2, 0.25) is 5.91 Å². The van der Waals surface area contributed by atoms with Crippen LogP contribution in [0.5, 0.6) is 0 Å². The van der Waals surface area contributed by atoms with Crippen LogP contribution < -0.4 is 11.3 Å². The highest BCUT2D eigenvalue weighted by molar-refractivity contribution is 5.75. The largest absolute Gasteiger partial charge is 0.298 e. The maximum Gasteiger partial charge on any atom is 0.233 e. The molecule has 0 saturated carbocycles. The van der Waals surface area contributed by atoms with Gasteiger partial charge in [-0.25, -0.2) is 5.84 Å². The van der Waals surface area contributed by atoms with Crippen molar-refractivity contribution in [2.45, 2.75) is 26.3 Å². The molecule has 0 bridgehead atoms. The highest BCUT2D eigenvalue weighted by atomic mass is 16.2. The van der Waals surface area contributed by atoms with Gasteiger partial charge in [0.1, 0.15) is 0 Å². The van der Waals surface area contributed by atoms with E-state index in [1.807, 2.05) is 18.2 Å². The summed E-state index contributed by atoms with van der Waals surface area (Å²) in [7, 11) is 0. The zero-order valence-electron chi connectivity index (χ0n) is 10.2. The Morgan fingerprint density at radius 1 is 1.53 bits per heavy atom. The molecule has 1 rings (SSSR count). The third kappa shape index (κ3) is 5.42. The number of nitrogens with zero attached hydrogens (tertiary/aromatic N) is 2. The lowest BCUT2D eigenvalue weighted by Gasteiger charge is -2.19. The summed E-state index contributed by atoms with van der Waals surface area (Å²) >= 11 is 0. The number of carbonyl (C=O) groups excluding carboxylic acids is 1. The fourth-order valence-electron chi connectivity index (χ4n) is 1.61. The van der Waals surface area contributed by atoms with Crippen LogP contribution in [0.3, 0.4) is 0 Å². The number of carbonyl (C=O) groups is 1. The van der Waals surface area contributed by atoms with Crippen LogP contribution in [0.4, 0.5) is 0 Å². The van der Waals surface area contributed by atoms with Crippen LogP contribution in [-0.2, 0) is 11.3 Å². The average molecular weight is 236 g/mol. The Kier molecular flexibility index (Phi) is 6.21. The van der Waals surface area contributed by atoms with E-state index in [-0.39, 0.29) is 5.91 Å². The van der Waals surface area contributed by atoms with Gasteiger partial charge in [-0.3, -0.25) is 20.1 Å². The van der Waals surface area contributed by atoms with Crippen LogP contribution in [0.2, 0.25) is 0 Å². The third-order valence-electron chi connectivity index (χ3n) is 2.60. The van der Waals surface area contributed by atoms with E-state index < -0.39 is 0 Å². The van der Waals surface area contributed by atoms with Gasteiger partial charge in [-0.2, -0.15) is 0 Å². The molecule has 0 spiro atoms. The van der Waals surface area contributed by atoms with Gasteiger partial charge >= 0.3 is 0 Å². The summed E-state index contributed by atoms with van der Waals surface area (Å²) in [6, 6.07) is 5.90. The quantitative estimate of drug-likeness (QED) is 0.415. The standard InChI is InChI=1S/C12H20N4O/c1-2-16(9-5-7-12(17)15-13)10-11-6-3-4-8-14-11/h3-4,6,8H,2,5,7,9-10,13H2,1H3,(H,15,17). The first-order chi connectivity index (χ1) is 8.26.